The first kappa shape index (κ1) is 13.1. The van der Waals surface area contributed by atoms with Gasteiger partial charge in [0.05, 0.1) is 6.61 Å². The molecule has 0 radical (unpaired) electrons. The second-order valence-corrected chi connectivity index (χ2v) is 5.13. The highest BCUT2D eigenvalue weighted by molar-refractivity contribution is 5.96. The molecule has 0 N–H and O–H groups in total. The van der Waals surface area contributed by atoms with Gasteiger partial charge in [-0.25, -0.2) is 0 Å². The lowest BCUT2D eigenvalue weighted by molar-refractivity contribution is 0.0978. The van der Waals surface area contributed by atoms with E-state index in [9.17, 15) is 4.79 Å². The highest BCUT2D eigenvalue weighted by Gasteiger charge is 2.22. The third-order valence-electron chi connectivity index (χ3n) is 3.42. The molecular weight excluding hydrogens is 224 g/mol. The summed E-state index contributed by atoms with van der Waals surface area (Å²) in [5.41, 5.74) is 0.818. The summed E-state index contributed by atoms with van der Waals surface area (Å²) in [6, 6.07) is 7.58. The van der Waals surface area contributed by atoms with Crippen molar-refractivity contribution in [2.45, 2.75) is 45.4 Å². The standard InChI is InChI=1S/C16H22O2/c1-2-3-12-18-15-9-7-14(8-10-15)16(17)11-6-13-4-5-13/h7-10,13H,2-6,11-12H2,1H3. The largest absolute Gasteiger partial charge is 0.494 e. The zero-order chi connectivity index (χ0) is 12.8. The minimum Gasteiger partial charge on any atom is -0.494 e. The summed E-state index contributed by atoms with van der Waals surface area (Å²) < 4.78 is 5.58. The number of unbranched alkanes of at least 4 members (excludes halogenated alkanes) is 1. The molecule has 1 saturated carbocycles. The number of Topliss-reactive ketones (excluding diaryl/α,β-unsaturated/α-hetero) is 1. The van der Waals surface area contributed by atoms with Gasteiger partial charge in [0.15, 0.2) is 5.78 Å². The van der Waals surface area contributed by atoms with Crippen molar-refractivity contribution < 1.29 is 9.53 Å². The summed E-state index contributed by atoms with van der Waals surface area (Å²) in [5.74, 6) is 1.95. The van der Waals surface area contributed by atoms with Crippen LogP contribution in [0.2, 0.25) is 0 Å². The maximum atomic E-state index is 11.9. The van der Waals surface area contributed by atoms with E-state index in [0.29, 0.717) is 6.42 Å². The number of ether oxygens (including phenoxy) is 1. The van der Waals surface area contributed by atoms with E-state index >= 15 is 0 Å². The molecule has 0 bridgehead atoms. The Morgan fingerprint density at radius 1 is 1.28 bits per heavy atom. The molecular formula is C16H22O2. The van der Waals surface area contributed by atoms with E-state index in [-0.39, 0.29) is 5.78 Å². The van der Waals surface area contributed by atoms with Crippen LogP contribution in [0.4, 0.5) is 0 Å². The van der Waals surface area contributed by atoms with Crippen molar-refractivity contribution in [1.29, 1.82) is 0 Å². The number of benzene rings is 1. The van der Waals surface area contributed by atoms with E-state index in [0.717, 1.165) is 43.1 Å². The van der Waals surface area contributed by atoms with Crippen molar-refractivity contribution in [1.82, 2.24) is 0 Å². The minimum atomic E-state index is 0.266. The Morgan fingerprint density at radius 2 is 2.00 bits per heavy atom. The lowest BCUT2D eigenvalue weighted by Gasteiger charge is -2.06. The van der Waals surface area contributed by atoms with Gasteiger partial charge in [-0.1, -0.05) is 26.2 Å². The molecule has 1 aliphatic carbocycles. The molecule has 0 aliphatic heterocycles. The van der Waals surface area contributed by atoms with Crippen LogP contribution in [0.1, 0.15) is 55.8 Å². The molecule has 1 aliphatic rings. The van der Waals surface area contributed by atoms with E-state index in [2.05, 4.69) is 6.92 Å². The van der Waals surface area contributed by atoms with Gasteiger partial charge < -0.3 is 4.74 Å². The second kappa shape index (κ2) is 6.58. The van der Waals surface area contributed by atoms with Crippen molar-refractivity contribution in [2.24, 2.45) is 5.92 Å². The lowest BCUT2D eigenvalue weighted by Crippen LogP contribution is -2.00. The van der Waals surface area contributed by atoms with Gasteiger partial charge in [0.2, 0.25) is 0 Å². The van der Waals surface area contributed by atoms with Crippen molar-refractivity contribution in [3.63, 3.8) is 0 Å². The van der Waals surface area contributed by atoms with Crippen molar-refractivity contribution >= 4 is 5.78 Å². The number of ketones is 1. The predicted octanol–water partition coefficient (Wildman–Crippen LogP) is 4.24. The Kier molecular flexibility index (Phi) is 4.80. The van der Waals surface area contributed by atoms with E-state index in [1.165, 1.54) is 12.8 Å². The molecule has 0 amide bonds. The molecule has 2 rings (SSSR count). The molecule has 98 valence electrons. The fraction of sp³-hybridized carbons (Fsp3) is 0.562. The fourth-order valence-electron chi connectivity index (χ4n) is 1.96. The molecule has 1 aromatic rings. The van der Waals surface area contributed by atoms with Crippen molar-refractivity contribution in [2.75, 3.05) is 6.61 Å². The SMILES string of the molecule is CCCCOc1ccc(C(=O)CCC2CC2)cc1. The van der Waals surface area contributed by atoms with Crippen LogP contribution in [-0.2, 0) is 0 Å². The topological polar surface area (TPSA) is 26.3 Å². The first-order valence-electron chi connectivity index (χ1n) is 7.05. The molecule has 1 fully saturated rings. The fourth-order valence-corrected chi connectivity index (χ4v) is 1.96. The third-order valence-corrected chi connectivity index (χ3v) is 3.42. The summed E-state index contributed by atoms with van der Waals surface area (Å²) >= 11 is 0. The van der Waals surface area contributed by atoms with Gasteiger partial charge in [-0.05, 0) is 43.0 Å². The Hall–Kier alpha value is -1.31. The van der Waals surface area contributed by atoms with E-state index in [1.807, 2.05) is 24.3 Å². The molecule has 2 heteroatoms. The van der Waals surface area contributed by atoms with Gasteiger partial charge in [-0.15, -0.1) is 0 Å². The molecule has 0 aromatic heterocycles. The van der Waals surface area contributed by atoms with Crippen LogP contribution in [0.15, 0.2) is 24.3 Å². The number of hydrogen-bond donors (Lipinski definition) is 0. The molecule has 0 saturated heterocycles. The van der Waals surface area contributed by atoms with Gasteiger partial charge in [0, 0.05) is 12.0 Å². The maximum absolute atomic E-state index is 11.9. The van der Waals surface area contributed by atoms with Crippen LogP contribution in [0.25, 0.3) is 0 Å². The molecule has 0 atom stereocenters. The smallest absolute Gasteiger partial charge is 0.162 e. The van der Waals surface area contributed by atoms with Crippen molar-refractivity contribution in [3.05, 3.63) is 29.8 Å². The van der Waals surface area contributed by atoms with Crippen molar-refractivity contribution in [3.8, 4) is 5.75 Å². The zero-order valence-electron chi connectivity index (χ0n) is 11.2. The Labute approximate surface area is 109 Å². The number of rotatable bonds is 8. The molecule has 0 spiro atoms. The zero-order valence-corrected chi connectivity index (χ0v) is 11.2. The Bertz CT molecular complexity index is 377. The summed E-state index contributed by atoms with van der Waals surface area (Å²) in [5, 5.41) is 0. The van der Waals surface area contributed by atoms with E-state index in [4.69, 9.17) is 4.74 Å². The van der Waals surface area contributed by atoms with Crippen LogP contribution in [0.3, 0.4) is 0 Å². The number of hydrogen-bond acceptors (Lipinski definition) is 2. The van der Waals surface area contributed by atoms with Crippen LogP contribution >= 0.6 is 0 Å². The monoisotopic (exact) mass is 246 g/mol. The van der Waals surface area contributed by atoms with Gasteiger partial charge in [0.1, 0.15) is 5.75 Å². The van der Waals surface area contributed by atoms with E-state index < -0.39 is 0 Å². The highest BCUT2D eigenvalue weighted by Crippen LogP contribution is 2.33. The number of carbonyl (C=O) groups excluding carboxylic acids is 1. The Morgan fingerprint density at radius 3 is 2.61 bits per heavy atom. The maximum Gasteiger partial charge on any atom is 0.162 e. The third kappa shape index (κ3) is 4.17. The van der Waals surface area contributed by atoms with Gasteiger partial charge >= 0.3 is 0 Å². The number of carbonyl (C=O) groups is 1. The van der Waals surface area contributed by atoms with Crippen LogP contribution in [0.5, 0.6) is 5.75 Å². The summed E-state index contributed by atoms with van der Waals surface area (Å²) in [6.07, 6.45) is 6.60. The van der Waals surface area contributed by atoms with Gasteiger partial charge in [-0.3, -0.25) is 4.79 Å². The summed E-state index contributed by atoms with van der Waals surface area (Å²) in [7, 11) is 0. The summed E-state index contributed by atoms with van der Waals surface area (Å²) in [4.78, 5) is 11.9. The quantitative estimate of drug-likeness (QED) is 0.506. The van der Waals surface area contributed by atoms with Crippen LogP contribution in [-0.4, -0.2) is 12.4 Å². The van der Waals surface area contributed by atoms with Crippen LogP contribution in [0, 0.1) is 5.92 Å². The molecule has 1 aromatic carbocycles. The molecule has 18 heavy (non-hydrogen) atoms. The van der Waals surface area contributed by atoms with Gasteiger partial charge in [0.25, 0.3) is 0 Å². The van der Waals surface area contributed by atoms with E-state index in [1.54, 1.807) is 0 Å². The first-order valence-corrected chi connectivity index (χ1v) is 7.05. The molecule has 0 unspecified atom stereocenters. The first-order chi connectivity index (χ1) is 8.79. The second-order valence-electron chi connectivity index (χ2n) is 5.13. The Balaban J connectivity index is 1.79. The van der Waals surface area contributed by atoms with Gasteiger partial charge in [-0.2, -0.15) is 0 Å². The summed E-state index contributed by atoms with van der Waals surface area (Å²) in [6.45, 7) is 2.90. The van der Waals surface area contributed by atoms with Crippen LogP contribution < -0.4 is 4.74 Å². The average Bonchev–Trinajstić information content (AvgIpc) is 3.21. The molecule has 2 nitrogen and oxygen atoms in total. The predicted molar refractivity (Wildman–Crippen MR) is 73.1 cm³/mol. The minimum absolute atomic E-state index is 0.266. The normalized spacial score (nSPS) is 14.5. The molecule has 0 heterocycles. The lowest BCUT2D eigenvalue weighted by atomic mass is 10.1. The highest BCUT2D eigenvalue weighted by atomic mass is 16.5. The average molecular weight is 246 g/mol.